The van der Waals surface area contributed by atoms with Gasteiger partial charge in [-0.2, -0.15) is 0 Å². The molecule has 5 heteroatoms. The average Bonchev–Trinajstić information content (AvgIpc) is 2.47. The highest BCUT2D eigenvalue weighted by molar-refractivity contribution is 5.96. The second-order valence-electron chi connectivity index (χ2n) is 5.83. The molecule has 5 nitrogen and oxygen atoms in total. The van der Waals surface area contributed by atoms with E-state index in [-0.39, 0.29) is 37.3 Å². The first kappa shape index (κ1) is 18.7. The smallest absolute Gasteiger partial charge is 0.320 e. The molecule has 0 spiro atoms. The van der Waals surface area contributed by atoms with Gasteiger partial charge in [0, 0.05) is 12.3 Å². The van der Waals surface area contributed by atoms with Crippen LogP contribution in [0, 0.1) is 17.8 Å². The Morgan fingerprint density at radius 1 is 1.09 bits per heavy atom. The number of hydrogen-bond donors (Lipinski definition) is 0. The van der Waals surface area contributed by atoms with Crippen LogP contribution in [0.15, 0.2) is 0 Å². The Bertz CT molecular complexity index is 373. The van der Waals surface area contributed by atoms with Crippen LogP contribution in [0.1, 0.15) is 59.3 Å². The second kappa shape index (κ2) is 9.59. The van der Waals surface area contributed by atoms with Crippen molar-refractivity contribution in [3.8, 4) is 0 Å². The Hall–Kier alpha value is -1.39. The zero-order valence-corrected chi connectivity index (χ0v) is 13.9. The molecule has 126 valence electrons. The third-order valence-corrected chi connectivity index (χ3v) is 4.26. The van der Waals surface area contributed by atoms with E-state index in [0.29, 0.717) is 6.42 Å². The van der Waals surface area contributed by atoms with Crippen molar-refractivity contribution < 1.29 is 23.9 Å². The van der Waals surface area contributed by atoms with Crippen molar-refractivity contribution in [2.75, 3.05) is 13.2 Å². The third kappa shape index (κ3) is 5.11. The fraction of sp³-hybridized carbons (Fsp3) is 0.824. The standard InChI is InChI=1S/C17H28O5/c1-4-7-8-12-9-10-13(11-14(12)18)15(16(19)21-5-2)17(20)22-6-3/h12-13,15H,4-11H2,1-3H3/t12-,13+/m1/s1. The van der Waals surface area contributed by atoms with Crippen LogP contribution in [0.4, 0.5) is 0 Å². The van der Waals surface area contributed by atoms with Gasteiger partial charge < -0.3 is 9.47 Å². The molecule has 0 aliphatic heterocycles. The number of unbranched alkanes of at least 4 members (excludes halogenated alkanes) is 1. The molecule has 1 saturated carbocycles. The molecule has 1 rings (SSSR count). The first-order chi connectivity index (χ1) is 10.5. The van der Waals surface area contributed by atoms with E-state index in [1.807, 2.05) is 0 Å². The van der Waals surface area contributed by atoms with E-state index in [2.05, 4.69) is 6.92 Å². The van der Waals surface area contributed by atoms with Crippen LogP contribution in [0.5, 0.6) is 0 Å². The molecule has 1 aliphatic carbocycles. The van der Waals surface area contributed by atoms with Gasteiger partial charge >= 0.3 is 11.9 Å². The Balaban J connectivity index is 2.73. The largest absolute Gasteiger partial charge is 0.465 e. The van der Waals surface area contributed by atoms with Crippen molar-refractivity contribution in [2.45, 2.75) is 59.3 Å². The topological polar surface area (TPSA) is 69.7 Å². The van der Waals surface area contributed by atoms with E-state index in [4.69, 9.17) is 9.47 Å². The number of carbonyl (C=O) groups excluding carboxylic acids is 3. The van der Waals surface area contributed by atoms with Gasteiger partial charge in [0.1, 0.15) is 5.78 Å². The maximum Gasteiger partial charge on any atom is 0.320 e. The van der Waals surface area contributed by atoms with Crippen LogP contribution in [0.3, 0.4) is 0 Å². The zero-order valence-electron chi connectivity index (χ0n) is 13.9. The third-order valence-electron chi connectivity index (χ3n) is 4.26. The summed E-state index contributed by atoms with van der Waals surface area (Å²) in [5, 5.41) is 0. The van der Waals surface area contributed by atoms with E-state index < -0.39 is 17.9 Å². The van der Waals surface area contributed by atoms with Crippen molar-refractivity contribution in [1.82, 2.24) is 0 Å². The summed E-state index contributed by atoms with van der Waals surface area (Å²) in [6.07, 6.45) is 4.74. The van der Waals surface area contributed by atoms with Gasteiger partial charge in [0.25, 0.3) is 0 Å². The summed E-state index contributed by atoms with van der Waals surface area (Å²) in [7, 11) is 0. The predicted octanol–water partition coefficient (Wildman–Crippen LogP) is 2.90. The molecule has 0 heterocycles. The number of carbonyl (C=O) groups is 3. The summed E-state index contributed by atoms with van der Waals surface area (Å²) in [5.74, 6) is -2.12. The Kier molecular flexibility index (Phi) is 8.13. The lowest BCUT2D eigenvalue weighted by atomic mass is 9.73. The maximum atomic E-state index is 12.3. The Morgan fingerprint density at radius 3 is 2.14 bits per heavy atom. The van der Waals surface area contributed by atoms with E-state index >= 15 is 0 Å². The molecule has 0 bridgehead atoms. The fourth-order valence-electron chi connectivity index (χ4n) is 3.09. The van der Waals surface area contributed by atoms with Crippen LogP contribution in [-0.4, -0.2) is 30.9 Å². The highest BCUT2D eigenvalue weighted by Gasteiger charge is 2.41. The first-order valence-electron chi connectivity index (χ1n) is 8.41. The van der Waals surface area contributed by atoms with Gasteiger partial charge in [-0.25, -0.2) is 0 Å². The number of Topliss-reactive ketones (excluding diaryl/α,β-unsaturated/α-hetero) is 1. The lowest BCUT2D eigenvalue weighted by molar-refractivity contribution is -0.165. The average molecular weight is 312 g/mol. The minimum atomic E-state index is -0.962. The molecule has 0 unspecified atom stereocenters. The van der Waals surface area contributed by atoms with Gasteiger partial charge in [0.2, 0.25) is 0 Å². The number of esters is 2. The van der Waals surface area contributed by atoms with Crippen molar-refractivity contribution in [3.63, 3.8) is 0 Å². The molecule has 1 aliphatic rings. The van der Waals surface area contributed by atoms with Crippen molar-refractivity contribution >= 4 is 17.7 Å². The van der Waals surface area contributed by atoms with Crippen LogP contribution in [0.25, 0.3) is 0 Å². The molecular weight excluding hydrogens is 284 g/mol. The normalized spacial score (nSPS) is 21.7. The van der Waals surface area contributed by atoms with Gasteiger partial charge in [-0.05, 0) is 39.0 Å². The highest BCUT2D eigenvalue weighted by atomic mass is 16.6. The van der Waals surface area contributed by atoms with E-state index in [1.54, 1.807) is 13.8 Å². The molecular formula is C17H28O5. The fourth-order valence-corrected chi connectivity index (χ4v) is 3.09. The summed E-state index contributed by atoms with van der Waals surface area (Å²) >= 11 is 0. The van der Waals surface area contributed by atoms with Crippen molar-refractivity contribution in [1.29, 1.82) is 0 Å². The van der Waals surface area contributed by atoms with Gasteiger partial charge in [-0.15, -0.1) is 0 Å². The molecule has 0 saturated heterocycles. The maximum absolute atomic E-state index is 12.3. The van der Waals surface area contributed by atoms with Gasteiger partial charge in [-0.1, -0.05) is 19.8 Å². The molecule has 0 aromatic heterocycles. The van der Waals surface area contributed by atoms with Gasteiger partial charge in [-0.3, -0.25) is 14.4 Å². The molecule has 0 radical (unpaired) electrons. The van der Waals surface area contributed by atoms with Crippen LogP contribution >= 0.6 is 0 Å². The number of ketones is 1. The van der Waals surface area contributed by atoms with Crippen molar-refractivity contribution in [2.24, 2.45) is 17.8 Å². The van der Waals surface area contributed by atoms with Gasteiger partial charge in [0.15, 0.2) is 5.92 Å². The van der Waals surface area contributed by atoms with Crippen LogP contribution in [-0.2, 0) is 23.9 Å². The van der Waals surface area contributed by atoms with E-state index in [1.165, 1.54) is 0 Å². The van der Waals surface area contributed by atoms with Crippen LogP contribution in [0.2, 0.25) is 0 Å². The quantitative estimate of drug-likeness (QED) is 0.509. The number of ether oxygens (including phenoxy) is 2. The molecule has 2 atom stereocenters. The number of rotatable bonds is 8. The van der Waals surface area contributed by atoms with Crippen molar-refractivity contribution in [3.05, 3.63) is 0 Å². The second-order valence-corrected chi connectivity index (χ2v) is 5.83. The minimum Gasteiger partial charge on any atom is -0.465 e. The number of hydrogen-bond acceptors (Lipinski definition) is 5. The SMILES string of the molecule is CCCC[C@@H]1CC[C@H](C(C(=O)OCC)C(=O)OCC)CC1=O. The zero-order chi connectivity index (χ0) is 16.5. The molecule has 0 N–H and O–H groups in total. The monoisotopic (exact) mass is 312 g/mol. The first-order valence-corrected chi connectivity index (χ1v) is 8.41. The lowest BCUT2D eigenvalue weighted by Gasteiger charge is -2.30. The minimum absolute atomic E-state index is 0.0845. The predicted molar refractivity (Wildman–Crippen MR) is 82.1 cm³/mol. The molecule has 0 aromatic rings. The summed E-state index contributed by atoms with van der Waals surface area (Å²) in [6.45, 7) is 5.94. The molecule has 1 fully saturated rings. The molecule has 0 amide bonds. The summed E-state index contributed by atoms with van der Waals surface area (Å²) in [6, 6.07) is 0. The Morgan fingerprint density at radius 2 is 1.68 bits per heavy atom. The summed E-state index contributed by atoms with van der Waals surface area (Å²) < 4.78 is 10.0. The highest BCUT2D eigenvalue weighted by Crippen LogP contribution is 2.34. The lowest BCUT2D eigenvalue weighted by Crippen LogP contribution is -2.39. The van der Waals surface area contributed by atoms with Gasteiger partial charge in [0.05, 0.1) is 13.2 Å². The summed E-state index contributed by atoms with van der Waals surface area (Å²) in [5.41, 5.74) is 0. The molecule has 22 heavy (non-hydrogen) atoms. The summed E-state index contributed by atoms with van der Waals surface area (Å²) in [4.78, 5) is 36.4. The molecule has 0 aromatic carbocycles. The van der Waals surface area contributed by atoms with E-state index in [9.17, 15) is 14.4 Å². The van der Waals surface area contributed by atoms with Crippen LogP contribution < -0.4 is 0 Å². The van der Waals surface area contributed by atoms with E-state index in [0.717, 1.165) is 25.7 Å². The Labute approximate surface area is 132 Å².